The highest BCUT2D eigenvalue weighted by Crippen LogP contribution is 2.38. The monoisotopic (exact) mass is 904 g/mol. The molecule has 0 radical (unpaired) electrons. The largest absolute Gasteiger partial charge is 0.870 e. The number of rotatable bonds is 18. The highest BCUT2D eigenvalue weighted by Gasteiger charge is 2.39. The van der Waals surface area contributed by atoms with Crippen LogP contribution in [-0.2, 0) is 35.5 Å². The molecule has 8 rings (SSSR count). The van der Waals surface area contributed by atoms with Gasteiger partial charge in [-0.3, -0.25) is 14.5 Å². The second-order valence-corrected chi connectivity index (χ2v) is 17.5. The number of alkyl halides is 2. The van der Waals surface area contributed by atoms with Crippen LogP contribution in [0.4, 0.5) is 8.78 Å². The Bertz CT molecular complexity index is 2280. The van der Waals surface area contributed by atoms with Gasteiger partial charge < -0.3 is 29.7 Å². The van der Waals surface area contributed by atoms with Crippen LogP contribution in [0, 0.1) is 11.8 Å². The lowest BCUT2D eigenvalue weighted by molar-refractivity contribution is -0.377. The van der Waals surface area contributed by atoms with Gasteiger partial charge in [0.05, 0.1) is 11.5 Å². The summed E-state index contributed by atoms with van der Waals surface area (Å²) in [4.78, 5) is 45.1. The Balaban J connectivity index is 0.00000622. The second kappa shape index (κ2) is 20.3. The van der Waals surface area contributed by atoms with E-state index >= 15 is 0 Å². The quantitative estimate of drug-likeness (QED) is 0.112. The van der Waals surface area contributed by atoms with E-state index in [9.17, 15) is 31.6 Å². The Morgan fingerprint density at radius 1 is 0.885 bits per heavy atom. The van der Waals surface area contributed by atoms with E-state index in [0.717, 1.165) is 44.8 Å². The summed E-state index contributed by atoms with van der Waals surface area (Å²) in [5.74, 6) is -2.10. The molecule has 19 heteroatoms. The number of benzene rings is 3. The third kappa shape index (κ3) is 11.9. The molecule has 1 amide bonds. The Morgan fingerprint density at radius 3 is 2.26 bits per heavy atom. The molecule has 3 aromatic carbocycles. The van der Waals surface area contributed by atoms with Gasteiger partial charge in [-0.1, -0.05) is 65.7 Å². The number of nitrogens with one attached hydrogen (secondary N) is 3. The molecule has 61 heavy (non-hydrogen) atoms. The molecule has 4 N–H and O–H groups in total. The first-order valence-corrected chi connectivity index (χ1v) is 21.7. The number of carbonyl (C=O) groups excluding carboxylic acids is 3. The van der Waals surface area contributed by atoms with Gasteiger partial charge >= 0.3 is 18.6 Å². The number of fused-ring (bicyclic) bond motifs is 3. The molecule has 1 aliphatic carbocycles. The number of hydrogen-bond acceptors (Lipinski definition) is 11. The molecule has 2 bridgehead atoms. The second-order valence-electron chi connectivity index (χ2n) is 14.9. The van der Waals surface area contributed by atoms with Gasteiger partial charge in [-0.2, -0.15) is 13.5 Å². The first kappa shape index (κ1) is 45.6. The maximum atomic E-state index is 13.8. The number of hydrogen-bond donors (Lipinski definition) is 2. The van der Waals surface area contributed by atoms with Crippen LogP contribution in [0.2, 0.25) is 10.0 Å². The molecule has 0 spiro atoms. The van der Waals surface area contributed by atoms with Crippen molar-refractivity contribution < 1.29 is 61.0 Å². The number of aromatic nitrogens is 1. The smallest absolute Gasteiger partial charge is 0.387 e. The van der Waals surface area contributed by atoms with Crippen LogP contribution in [0.3, 0.4) is 0 Å². The van der Waals surface area contributed by atoms with Crippen molar-refractivity contribution in [2.24, 2.45) is 11.8 Å². The summed E-state index contributed by atoms with van der Waals surface area (Å²) in [5.41, 5.74) is 1.04. The van der Waals surface area contributed by atoms with Crippen LogP contribution in [0.15, 0.2) is 90.1 Å². The SMILES string of the molecule is O=C(CNC(=O)c1cccc(S(=O)(=O)NC(C(=O)O[C@H]2CN3CCC2CC3)c2ccccc2)c1)O[C@@H](Cc1c(Cl)c[nH+]cc1Cl)c1ccc(OC(F)F)c(OCC2CC2)c1.[OH-]. The molecule has 326 valence electrons. The predicted molar refractivity (Wildman–Crippen MR) is 216 cm³/mol. The minimum Gasteiger partial charge on any atom is -0.870 e. The van der Waals surface area contributed by atoms with Crippen molar-refractivity contribution in [1.82, 2.24) is 14.9 Å². The van der Waals surface area contributed by atoms with Crippen molar-refractivity contribution in [2.75, 3.05) is 32.8 Å². The minimum atomic E-state index is -4.41. The topological polar surface area (TPSA) is 194 Å². The molecule has 4 heterocycles. The lowest BCUT2D eigenvalue weighted by Crippen LogP contribution is -2.52. The van der Waals surface area contributed by atoms with Crippen LogP contribution in [0.25, 0.3) is 0 Å². The minimum absolute atomic E-state index is 0. The number of halogens is 4. The van der Waals surface area contributed by atoms with E-state index < -0.39 is 53.2 Å². The van der Waals surface area contributed by atoms with Gasteiger partial charge in [0.1, 0.15) is 34.8 Å². The van der Waals surface area contributed by atoms with Gasteiger partial charge in [0, 0.05) is 24.1 Å². The third-order valence-corrected chi connectivity index (χ3v) is 12.8. The van der Waals surface area contributed by atoms with E-state index in [-0.39, 0.29) is 68.4 Å². The summed E-state index contributed by atoms with van der Waals surface area (Å²) < 4.78 is 78.8. The van der Waals surface area contributed by atoms with Crippen molar-refractivity contribution in [1.29, 1.82) is 0 Å². The number of H-pyrrole nitrogens is 1. The summed E-state index contributed by atoms with van der Waals surface area (Å²) in [6.07, 6.45) is 5.17. The average molecular weight is 906 g/mol. The summed E-state index contributed by atoms with van der Waals surface area (Å²) in [6, 6.07) is 16.3. The van der Waals surface area contributed by atoms with Crippen LogP contribution in [0.1, 0.15) is 64.9 Å². The highest BCUT2D eigenvalue weighted by atomic mass is 35.5. The van der Waals surface area contributed by atoms with Gasteiger partial charge in [-0.25, -0.2) is 18.2 Å². The molecule has 1 unspecified atom stereocenters. The van der Waals surface area contributed by atoms with Crippen LogP contribution in [-0.4, -0.2) is 82.1 Å². The molecule has 3 aliphatic heterocycles. The number of ether oxygens (including phenoxy) is 4. The lowest BCUT2D eigenvalue weighted by atomic mass is 9.86. The van der Waals surface area contributed by atoms with E-state index in [4.69, 9.17) is 37.4 Å². The first-order valence-electron chi connectivity index (χ1n) is 19.5. The van der Waals surface area contributed by atoms with E-state index in [1.807, 2.05) is 0 Å². The fourth-order valence-corrected chi connectivity index (χ4v) is 9.00. The number of sulfonamides is 1. The van der Waals surface area contributed by atoms with Crippen molar-refractivity contribution in [3.8, 4) is 11.5 Å². The number of amides is 1. The van der Waals surface area contributed by atoms with Crippen molar-refractivity contribution in [2.45, 2.75) is 61.9 Å². The highest BCUT2D eigenvalue weighted by molar-refractivity contribution is 7.89. The number of esters is 2. The van der Waals surface area contributed by atoms with Crippen molar-refractivity contribution in [3.05, 3.63) is 117 Å². The van der Waals surface area contributed by atoms with Crippen molar-refractivity contribution >= 4 is 51.1 Å². The number of nitrogens with zero attached hydrogens (tertiary/aromatic N) is 1. The average Bonchev–Trinajstić information content (AvgIpc) is 4.08. The Morgan fingerprint density at radius 2 is 1.61 bits per heavy atom. The number of pyridine rings is 1. The van der Waals surface area contributed by atoms with E-state index in [1.165, 1.54) is 48.8 Å². The first-order chi connectivity index (χ1) is 28.8. The van der Waals surface area contributed by atoms with Gasteiger partial charge in [0.2, 0.25) is 10.0 Å². The zero-order valence-corrected chi connectivity index (χ0v) is 34.9. The fraction of sp³-hybridized carbons (Fsp3) is 0.381. The van der Waals surface area contributed by atoms with Crippen LogP contribution >= 0.6 is 23.2 Å². The third-order valence-electron chi connectivity index (χ3n) is 10.7. The summed E-state index contributed by atoms with van der Waals surface area (Å²) >= 11 is 12.9. The zero-order chi connectivity index (χ0) is 42.4. The van der Waals surface area contributed by atoms with Gasteiger partial charge in [-0.15, -0.1) is 0 Å². The molecular formula is C42H44Cl2F2N4O10S. The Labute approximate surface area is 361 Å². The van der Waals surface area contributed by atoms with E-state index in [1.54, 1.807) is 30.3 Å². The summed E-state index contributed by atoms with van der Waals surface area (Å²) in [6.45, 7) is -1.01. The maximum absolute atomic E-state index is 13.8. The maximum Gasteiger partial charge on any atom is 0.387 e. The molecule has 14 nitrogen and oxygen atoms in total. The van der Waals surface area contributed by atoms with E-state index in [0.29, 0.717) is 23.2 Å². The molecule has 4 aromatic rings. The summed E-state index contributed by atoms with van der Waals surface area (Å²) in [5, 5.41) is 2.94. The number of carbonyl (C=O) groups is 3. The fourth-order valence-electron chi connectivity index (χ4n) is 7.25. The predicted octanol–water partition coefficient (Wildman–Crippen LogP) is 5.93. The molecule has 1 saturated carbocycles. The van der Waals surface area contributed by atoms with E-state index in [2.05, 4.69) is 24.7 Å². The number of piperidine rings is 3. The lowest BCUT2D eigenvalue weighted by Gasteiger charge is -2.44. The normalized spacial score (nSPS) is 19.3. The standard InChI is InChI=1S/C42H42Cl2F2N4O9S.H2O/c43-32-20-47-21-33(44)31(32)19-35(28-11-12-34(59-42(45)46)36(18-28)56-24-25-9-10-25)57-38(51)22-48-40(52)29-7-4-8-30(17-29)60(54,55)49-39(27-5-2-1-3-6-27)41(53)58-37-23-50-15-13-26(37)14-16-50;/h1-8,11-12,17-18,20-21,25-26,35,37,39,42,49H,9-10,13-16,19,22-24H2,(H,48,52);1H2/t35-,37-,39?;/m0./s1. The summed E-state index contributed by atoms with van der Waals surface area (Å²) in [7, 11) is -4.41. The van der Waals surface area contributed by atoms with Crippen LogP contribution in [0.5, 0.6) is 11.5 Å². The van der Waals surface area contributed by atoms with Crippen LogP contribution < -0.4 is 24.5 Å². The van der Waals surface area contributed by atoms with Gasteiger partial charge in [-0.05, 0) is 92.1 Å². The molecule has 4 fully saturated rings. The molecule has 3 atom stereocenters. The van der Waals surface area contributed by atoms with Gasteiger partial charge in [0.25, 0.3) is 5.91 Å². The molecule has 1 aromatic heterocycles. The van der Waals surface area contributed by atoms with Crippen molar-refractivity contribution in [3.63, 3.8) is 0 Å². The number of aromatic amines is 1. The van der Waals surface area contributed by atoms with Gasteiger partial charge in [0.15, 0.2) is 23.9 Å². The molecular weight excluding hydrogens is 861 g/mol. The Kier molecular flexibility index (Phi) is 15.2. The molecule has 3 saturated heterocycles. The molecule has 4 aliphatic rings. The Hall–Kier alpha value is -4.91. The zero-order valence-electron chi connectivity index (χ0n) is 32.6.